The minimum Gasteiger partial charge on any atom is -0.462 e. The third-order valence-electron chi connectivity index (χ3n) is 4.07. The number of aryl methyl sites for hydroxylation is 3. The average molecular weight is 406 g/mol. The van der Waals surface area contributed by atoms with E-state index in [1.54, 1.807) is 27.0 Å². The number of nitrogens with one attached hydrogen (secondary N) is 1. The quantitative estimate of drug-likeness (QED) is 0.658. The standard InChI is InChI=1S/C18H19N3O4S2/c1-5-10-7-11(18(24)25-6-2)15(26-10)20-14(22)13-9(3)12-16(27-13)19-8-21(4)17(12)23/h7-8H,5-6H2,1-4H3,(H,20,22). The molecule has 0 atom stereocenters. The Kier molecular flexibility index (Phi) is 5.43. The lowest BCUT2D eigenvalue weighted by Crippen LogP contribution is -2.17. The predicted molar refractivity (Wildman–Crippen MR) is 107 cm³/mol. The lowest BCUT2D eigenvalue weighted by molar-refractivity contribution is 0.0528. The number of amides is 1. The van der Waals surface area contributed by atoms with Crippen molar-refractivity contribution in [1.82, 2.24) is 9.55 Å². The van der Waals surface area contributed by atoms with E-state index in [0.717, 1.165) is 22.6 Å². The van der Waals surface area contributed by atoms with Gasteiger partial charge in [-0.15, -0.1) is 22.7 Å². The summed E-state index contributed by atoms with van der Waals surface area (Å²) >= 11 is 2.51. The number of rotatable bonds is 5. The van der Waals surface area contributed by atoms with Crippen LogP contribution in [0.4, 0.5) is 5.00 Å². The van der Waals surface area contributed by atoms with Crippen molar-refractivity contribution in [3.05, 3.63) is 43.6 Å². The van der Waals surface area contributed by atoms with Gasteiger partial charge in [0.2, 0.25) is 0 Å². The van der Waals surface area contributed by atoms with E-state index in [9.17, 15) is 14.4 Å². The molecule has 3 aromatic rings. The van der Waals surface area contributed by atoms with E-state index < -0.39 is 5.97 Å². The molecule has 27 heavy (non-hydrogen) atoms. The van der Waals surface area contributed by atoms with Crippen LogP contribution in [0.2, 0.25) is 0 Å². The summed E-state index contributed by atoms with van der Waals surface area (Å²) in [5.74, 6) is -0.833. The number of carbonyl (C=O) groups is 2. The Morgan fingerprint density at radius 2 is 2.04 bits per heavy atom. The summed E-state index contributed by atoms with van der Waals surface area (Å²) in [7, 11) is 1.62. The monoisotopic (exact) mass is 405 g/mol. The van der Waals surface area contributed by atoms with E-state index in [1.165, 1.54) is 22.2 Å². The molecule has 0 bridgehead atoms. The summed E-state index contributed by atoms with van der Waals surface area (Å²) in [6, 6.07) is 1.74. The second-order valence-electron chi connectivity index (χ2n) is 5.88. The molecule has 142 valence electrons. The second kappa shape index (κ2) is 7.61. The minimum atomic E-state index is -0.465. The topological polar surface area (TPSA) is 90.3 Å². The van der Waals surface area contributed by atoms with Crippen molar-refractivity contribution < 1.29 is 14.3 Å². The highest BCUT2D eigenvalue weighted by Gasteiger charge is 2.23. The van der Waals surface area contributed by atoms with Crippen LogP contribution >= 0.6 is 22.7 Å². The van der Waals surface area contributed by atoms with Crippen molar-refractivity contribution in [1.29, 1.82) is 0 Å². The van der Waals surface area contributed by atoms with Crippen LogP contribution < -0.4 is 10.9 Å². The fraction of sp³-hybridized carbons (Fsp3) is 0.333. The average Bonchev–Trinajstić information content (AvgIpc) is 3.20. The molecule has 1 N–H and O–H groups in total. The number of hydrogen-bond acceptors (Lipinski definition) is 7. The Labute approximate surface area is 163 Å². The molecule has 0 aliphatic heterocycles. The van der Waals surface area contributed by atoms with Crippen molar-refractivity contribution in [3.8, 4) is 0 Å². The first-order valence-electron chi connectivity index (χ1n) is 8.43. The van der Waals surface area contributed by atoms with Gasteiger partial charge in [-0.3, -0.25) is 9.59 Å². The molecule has 0 unspecified atom stereocenters. The summed E-state index contributed by atoms with van der Waals surface area (Å²) in [6.07, 6.45) is 2.18. The number of fused-ring (bicyclic) bond motifs is 1. The van der Waals surface area contributed by atoms with Gasteiger partial charge in [0.05, 0.1) is 28.8 Å². The van der Waals surface area contributed by atoms with E-state index in [1.807, 2.05) is 6.92 Å². The number of nitrogens with zero attached hydrogens (tertiary/aromatic N) is 2. The van der Waals surface area contributed by atoms with Crippen molar-refractivity contribution in [2.75, 3.05) is 11.9 Å². The molecule has 3 rings (SSSR count). The van der Waals surface area contributed by atoms with E-state index >= 15 is 0 Å². The SMILES string of the molecule is CCOC(=O)c1cc(CC)sc1NC(=O)c1sc2ncn(C)c(=O)c2c1C. The van der Waals surface area contributed by atoms with Crippen LogP contribution in [0.15, 0.2) is 17.2 Å². The summed E-state index contributed by atoms with van der Waals surface area (Å²) < 4.78 is 6.46. The zero-order valence-electron chi connectivity index (χ0n) is 15.4. The Morgan fingerprint density at radius 1 is 1.30 bits per heavy atom. The van der Waals surface area contributed by atoms with Gasteiger partial charge in [-0.2, -0.15) is 0 Å². The van der Waals surface area contributed by atoms with Crippen molar-refractivity contribution in [2.45, 2.75) is 27.2 Å². The molecule has 3 aromatic heterocycles. The predicted octanol–water partition coefficient (Wildman–Crippen LogP) is 3.36. The third kappa shape index (κ3) is 3.52. The van der Waals surface area contributed by atoms with Crippen LogP contribution in [0.5, 0.6) is 0 Å². The Hall–Kier alpha value is -2.52. The molecule has 3 heterocycles. The lowest BCUT2D eigenvalue weighted by Gasteiger charge is -2.05. The Balaban J connectivity index is 1.99. The van der Waals surface area contributed by atoms with E-state index in [4.69, 9.17) is 4.74 Å². The van der Waals surface area contributed by atoms with Crippen molar-refractivity contribution in [3.63, 3.8) is 0 Å². The van der Waals surface area contributed by atoms with Crippen molar-refractivity contribution >= 4 is 49.8 Å². The van der Waals surface area contributed by atoms with Gasteiger partial charge in [0.25, 0.3) is 11.5 Å². The van der Waals surface area contributed by atoms with Crippen LogP contribution in [0, 0.1) is 6.92 Å². The van der Waals surface area contributed by atoms with E-state index in [0.29, 0.717) is 31.2 Å². The zero-order chi connectivity index (χ0) is 19.7. The molecule has 0 fully saturated rings. The molecule has 0 saturated carbocycles. The molecule has 0 aliphatic carbocycles. The highest BCUT2D eigenvalue weighted by molar-refractivity contribution is 7.21. The van der Waals surface area contributed by atoms with Gasteiger partial charge in [-0.1, -0.05) is 6.92 Å². The number of anilines is 1. The largest absolute Gasteiger partial charge is 0.462 e. The minimum absolute atomic E-state index is 0.190. The first-order valence-corrected chi connectivity index (χ1v) is 10.1. The molecule has 7 nitrogen and oxygen atoms in total. The molecular formula is C18H19N3O4S2. The molecule has 1 amide bonds. The molecule has 0 radical (unpaired) electrons. The summed E-state index contributed by atoms with van der Waals surface area (Å²) in [6.45, 7) is 5.70. The fourth-order valence-electron chi connectivity index (χ4n) is 2.65. The van der Waals surface area contributed by atoms with Crippen LogP contribution in [0.1, 0.15) is 44.3 Å². The summed E-state index contributed by atoms with van der Waals surface area (Å²) in [4.78, 5) is 43.5. The van der Waals surface area contributed by atoms with Crippen LogP contribution in [-0.4, -0.2) is 28.0 Å². The number of carbonyl (C=O) groups excluding carboxylic acids is 2. The van der Waals surface area contributed by atoms with Gasteiger partial charge >= 0.3 is 5.97 Å². The van der Waals surface area contributed by atoms with Gasteiger partial charge in [0.15, 0.2) is 0 Å². The number of aromatic nitrogens is 2. The highest BCUT2D eigenvalue weighted by Crippen LogP contribution is 2.32. The number of ether oxygens (including phenoxy) is 1. The molecule has 0 saturated heterocycles. The molecular weight excluding hydrogens is 386 g/mol. The van der Waals surface area contributed by atoms with E-state index in [-0.39, 0.29) is 18.1 Å². The fourth-order valence-corrected chi connectivity index (χ4v) is 4.67. The summed E-state index contributed by atoms with van der Waals surface area (Å²) in [5, 5.41) is 3.71. The molecule has 0 aromatic carbocycles. The molecule has 0 aliphatic rings. The second-order valence-corrected chi connectivity index (χ2v) is 8.02. The normalized spacial score (nSPS) is 11.0. The first-order chi connectivity index (χ1) is 12.9. The maximum absolute atomic E-state index is 12.8. The highest BCUT2D eigenvalue weighted by atomic mass is 32.1. The van der Waals surface area contributed by atoms with Gasteiger partial charge in [-0.25, -0.2) is 9.78 Å². The number of thiophene rings is 2. The van der Waals surface area contributed by atoms with Crippen LogP contribution in [0.3, 0.4) is 0 Å². The Morgan fingerprint density at radius 3 is 2.70 bits per heavy atom. The summed E-state index contributed by atoms with van der Waals surface area (Å²) in [5.41, 5.74) is 0.746. The van der Waals surface area contributed by atoms with Crippen LogP contribution in [-0.2, 0) is 18.2 Å². The maximum Gasteiger partial charge on any atom is 0.341 e. The van der Waals surface area contributed by atoms with E-state index in [2.05, 4.69) is 10.3 Å². The number of esters is 1. The van der Waals surface area contributed by atoms with Gasteiger partial charge in [0.1, 0.15) is 9.83 Å². The Bertz CT molecular complexity index is 1090. The lowest BCUT2D eigenvalue weighted by atomic mass is 10.2. The number of hydrogen-bond donors (Lipinski definition) is 1. The maximum atomic E-state index is 12.8. The third-order valence-corrected chi connectivity index (χ3v) is 6.46. The zero-order valence-corrected chi connectivity index (χ0v) is 17.0. The van der Waals surface area contributed by atoms with Gasteiger partial charge in [0, 0.05) is 11.9 Å². The van der Waals surface area contributed by atoms with Crippen molar-refractivity contribution in [2.24, 2.45) is 7.05 Å². The van der Waals surface area contributed by atoms with Gasteiger partial charge < -0.3 is 14.6 Å². The van der Waals surface area contributed by atoms with Crippen LogP contribution in [0.25, 0.3) is 10.2 Å². The smallest absolute Gasteiger partial charge is 0.341 e. The molecule has 0 spiro atoms. The molecule has 9 heteroatoms. The first kappa shape index (κ1) is 19.2. The van der Waals surface area contributed by atoms with Gasteiger partial charge in [-0.05, 0) is 31.9 Å².